The molecule has 5 rings (SSSR count). The van der Waals surface area contributed by atoms with Gasteiger partial charge in [0.05, 0.1) is 34.2 Å². The Bertz CT molecular complexity index is 1730. The fraction of sp³-hybridized carbons (Fsp3) is 0.160. The third-order valence-electron chi connectivity index (χ3n) is 5.56. The van der Waals surface area contributed by atoms with Gasteiger partial charge in [-0.2, -0.15) is 5.10 Å². The van der Waals surface area contributed by atoms with Crippen LogP contribution >= 0.6 is 0 Å². The van der Waals surface area contributed by atoms with Crippen LogP contribution in [0, 0.1) is 24.6 Å². The first-order chi connectivity index (χ1) is 16.8. The molecule has 0 aliphatic carbocycles. The molecule has 3 N–H and O–H groups in total. The number of rotatable bonds is 3. The molecule has 9 nitrogen and oxygen atoms in total. The molecule has 174 valence electrons. The Labute approximate surface area is 198 Å². The largest absolute Gasteiger partial charge is 0.383 e. The molecule has 0 saturated carbocycles. The second-order valence-electron chi connectivity index (χ2n) is 8.02. The van der Waals surface area contributed by atoms with E-state index in [4.69, 9.17) is 5.73 Å². The lowest BCUT2D eigenvalue weighted by Crippen LogP contribution is -2.25. The quantitative estimate of drug-likeness (QED) is 0.389. The van der Waals surface area contributed by atoms with Gasteiger partial charge in [0.1, 0.15) is 29.8 Å². The average molecular weight is 469 g/mol. The third kappa shape index (κ3) is 3.88. The number of pyridine rings is 2. The van der Waals surface area contributed by atoms with Crippen molar-refractivity contribution in [1.82, 2.24) is 29.3 Å². The number of halogens is 1. The van der Waals surface area contributed by atoms with Crippen LogP contribution < -0.4 is 11.3 Å². The zero-order valence-electron chi connectivity index (χ0n) is 18.9. The molecule has 10 heteroatoms. The van der Waals surface area contributed by atoms with E-state index < -0.39 is 17.5 Å². The molecule has 4 aromatic heterocycles. The molecule has 0 unspecified atom stereocenters. The number of aromatic nitrogens is 6. The Hall–Kier alpha value is -4.62. The van der Waals surface area contributed by atoms with E-state index in [1.165, 1.54) is 28.6 Å². The number of hydrogen-bond donors (Lipinski definition) is 2. The first kappa shape index (κ1) is 22.2. The number of nitrogens with two attached hydrogens (primary N) is 1. The Kier molecular flexibility index (Phi) is 5.47. The SMILES string of the molecule is Cc1ccnc2cc(Cn3nc(C#C[C@@H](C)O)c4c(N)ncnc43)n(-c3ccccc3F)c(=O)c12. The van der Waals surface area contributed by atoms with Gasteiger partial charge >= 0.3 is 0 Å². The summed E-state index contributed by atoms with van der Waals surface area (Å²) >= 11 is 0. The summed E-state index contributed by atoms with van der Waals surface area (Å²) in [5.41, 5.74) is 8.11. The lowest BCUT2D eigenvalue weighted by atomic mass is 10.1. The van der Waals surface area contributed by atoms with Gasteiger partial charge in [-0.15, -0.1) is 0 Å². The van der Waals surface area contributed by atoms with Gasteiger partial charge in [-0.3, -0.25) is 14.3 Å². The molecule has 35 heavy (non-hydrogen) atoms. The van der Waals surface area contributed by atoms with Crippen molar-refractivity contribution in [3.8, 4) is 17.5 Å². The van der Waals surface area contributed by atoms with Crippen molar-refractivity contribution < 1.29 is 9.50 Å². The van der Waals surface area contributed by atoms with Crippen molar-refractivity contribution in [3.05, 3.63) is 82.0 Å². The molecule has 1 atom stereocenters. The van der Waals surface area contributed by atoms with Crippen molar-refractivity contribution in [3.63, 3.8) is 0 Å². The summed E-state index contributed by atoms with van der Waals surface area (Å²) in [5.74, 6) is 5.09. The van der Waals surface area contributed by atoms with Crippen molar-refractivity contribution in [2.45, 2.75) is 26.5 Å². The standard InChI is InChI=1S/C25H20FN7O2/c1-14-9-10-28-19-11-16(33(25(35)21(14)19)20-6-4-3-5-17(20)26)12-32-24-22(23(27)29-13-30-24)18(31-32)8-7-15(2)34/h3-6,9-11,13,15,34H,12H2,1-2H3,(H2,27,29,30)/t15-/m1/s1. The van der Waals surface area contributed by atoms with E-state index >= 15 is 0 Å². The van der Waals surface area contributed by atoms with E-state index in [2.05, 4.69) is 31.9 Å². The molecular weight excluding hydrogens is 449 g/mol. The van der Waals surface area contributed by atoms with Crippen LogP contribution in [0.15, 0.2) is 53.7 Å². The number of nitrogens with zero attached hydrogens (tertiary/aromatic N) is 6. The van der Waals surface area contributed by atoms with Crippen LogP contribution in [0.3, 0.4) is 0 Å². The van der Waals surface area contributed by atoms with E-state index in [0.717, 1.165) is 5.56 Å². The van der Waals surface area contributed by atoms with E-state index in [0.29, 0.717) is 27.6 Å². The van der Waals surface area contributed by atoms with Gasteiger partial charge in [-0.25, -0.2) is 19.0 Å². The molecule has 0 bridgehead atoms. The van der Waals surface area contributed by atoms with E-state index in [-0.39, 0.29) is 23.7 Å². The fourth-order valence-electron chi connectivity index (χ4n) is 4.00. The predicted octanol–water partition coefficient (Wildman–Crippen LogP) is 2.34. The molecule has 5 aromatic rings. The van der Waals surface area contributed by atoms with Gasteiger partial charge in [-0.05, 0) is 49.6 Å². The molecule has 1 aromatic carbocycles. The smallest absolute Gasteiger partial charge is 0.265 e. The highest BCUT2D eigenvalue weighted by Crippen LogP contribution is 2.24. The molecule has 0 saturated heterocycles. The van der Waals surface area contributed by atoms with E-state index in [1.54, 1.807) is 36.5 Å². The normalized spacial score (nSPS) is 12.0. The summed E-state index contributed by atoms with van der Waals surface area (Å²) in [7, 11) is 0. The number of aliphatic hydroxyl groups excluding tert-OH is 1. The molecule has 0 fully saturated rings. The van der Waals surface area contributed by atoms with Gasteiger partial charge in [0.25, 0.3) is 5.56 Å². The molecule has 0 radical (unpaired) electrons. The minimum Gasteiger partial charge on any atom is -0.383 e. The highest BCUT2D eigenvalue weighted by atomic mass is 19.1. The second-order valence-corrected chi connectivity index (χ2v) is 8.02. The van der Waals surface area contributed by atoms with Gasteiger partial charge in [0.2, 0.25) is 0 Å². The first-order valence-corrected chi connectivity index (χ1v) is 10.8. The van der Waals surface area contributed by atoms with Crippen LogP contribution in [-0.2, 0) is 6.54 Å². The fourth-order valence-corrected chi connectivity index (χ4v) is 4.00. The number of aliphatic hydroxyl groups is 1. The van der Waals surface area contributed by atoms with Crippen molar-refractivity contribution in [2.75, 3.05) is 5.73 Å². The third-order valence-corrected chi connectivity index (χ3v) is 5.56. The van der Waals surface area contributed by atoms with Crippen molar-refractivity contribution in [1.29, 1.82) is 0 Å². The van der Waals surface area contributed by atoms with Crippen LogP contribution in [0.5, 0.6) is 0 Å². The highest BCUT2D eigenvalue weighted by molar-refractivity contribution is 5.90. The van der Waals surface area contributed by atoms with Crippen molar-refractivity contribution in [2.24, 2.45) is 0 Å². The molecular formula is C25H20FN7O2. The zero-order chi connectivity index (χ0) is 24.7. The van der Waals surface area contributed by atoms with E-state index in [9.17, 15) is 14.3 Å². The average Bonchev–Trinajstić information content (AvgIpc) is 3.17. The predicted molar refractivity (Wildman–Crippen MR) is 129 cm³/mol. The first-order valence-electron chi connectivity index (χ1n) is 10.8. The van der Waals surface area contributed by atoms with Gasteiger partial charge in [0.15, 0.2) is 5.65 Å². The summed E-state index contributed by atoms with van der Waals surface area (Å²) in [6, 6.07) is 9.53. The number of para-hydroxylation sites is 1. The topological polar surface area (TPSA) is 125 Å². The number of hydrogen-bond acceptors (Lipinski definition) is 7. The van der Waals surface area contributed by atoms with Crippen LogP contribution in [0.1, 0.15) is 23.9 Å². The number of anilines is 1. The summed E-state index contributed by atoms with van der Waals surface area (Å²) < 4.78 is 17.7. The Morgan fingerprint density at radius 3 is 2.74 bits per heavy atom. The number of nitrogen functional groups attached to an aromatic ring is 1. The summed E-state index contributed by atoms with van der Waals surface area (Å²) in [4.78, 5) is 26.3. The van der Waals surface area contributed by atoms with Gasteiger partial charge < -0.3 is 10.8 Å². The molecule has 0 aliphatic heterocycles. The molecule has 0 amide bonds. The van der Waals surface area contributed by atoms with E-state index in [1.807, 2.05) is 6.92 Å². The maximum absolute atomic E-state index is 14.9. The van der Waals surface area contributed by atoms with Crippen LogP contribution in [0.25, 0.3) is 27.6 Å². The Morgan fingerprint density at radius 2 is 1.97 bits per heavy atom. The number of benzene rings is 1. The number of fused-ring (bicyclic) bond motifs is 2. The Balaban J connectivity index is 1.79. The second kappa shape index (κ2) is 8.62. The maximum Gasteiger partial charge on any atom is 0.265 e. The van der Waals surface area contributed by atoms with Crippen LogP contribution in [0.2, 0.25) is 0 Å². The van der Waals surface area contributed by atoms with Gasteiger partial charge in [0, 0.05) is 6.20 Å². The lowest BCUT2D eigenvalue weighted by Gasteiger charge is -2.16. The maximum atomic E-state index is 14.9. The molecule has 0 aliphatic rings. The minimum absolute atomic E-state index is 0.0401. The lowest BCUT2D eigenvalue weighted by molar-refractivity contribution is 0.253. The monoisotopic (exact) mass is 469 g/mol. The summed E-state index contributed by atoms with van der Waals surface area (Å²) in [6.07, 6.45) is 2.05. The van der Waals surface area contributed by atoms with Crippen LogP contribution in [-0.4, -0.2) is 40.5 Å². The Morgan fingerprint density at radius 1 is 1.17 bits per heavy atom. The highest BCUT2D eigenvalue weighted by Gasteiger charge is 2.19. The molecule has 4 heterocycles. The number of aryl methyl sites for hydroxylation is 1. The summed E-state index contributed by atoms with van der Waals surface area (Å²) in [5, 5.41) is 14.9. The van der Waals surface area contributed by atoms with Crippen LogP contribution in [0.4, 0.5) is 10.2 Å². The summed E-state index contributed by atoms with van der Waals surface area (Å²) in [6.45, 7) is 3.38. The molecule has 0 spiro atoms. The van der Waals surface area contributed by atoms with Crippen molar-refractivity contribution >= 4 is 27.8 Å². The van der Waals surface area contributed by atoms with Gasteiger partial charge in [-0.1, -0.05) is 18.1 Å². The minimum atomic E-state index is -0.873. The zero-order valence-corrected chi connectivity index (χ0v) is 18.9.